The topological polar surface area (TPSA) is 57.2 Å². The van der Waals surface area contributed by atoms with Gasteiger partial charge in [0.1, 0.15) is 0 Å². The zero-order valence-corrected chi connectivity index (χ0v) is 11.7. The Hall–Kier alpha value is -1.29. The molecule has 2 atom stereocenters. The molecule has 1 aliphatic rings. The number of anilines is 2. The molecule has 0 bridgehead atoms. The van der Waals surface area contributed by atoms with Crippen LogP contribution in [0.3, 0.4) is 0 Å². The molecule has 1 saturated carbocycles. The van der Waals surface area contributed by atoms with Crippen molar-refractivity contribution in [1.29, 1.82) is 0 Å². The van der Waals surface area contributed by atoms with Gasteiger partial charge in [0.05, 0.1) is 29.9 Å². The van der Waals surface area contributed by atoms with Crippen molar-refractivity contribution in [3.8, 4) is 0 Å². The molecule has 1 aromatic heterocycles. The molecule has 0 spiro atoms. The van der Waals surface area contributed by atoms with Gasteiger partial charge in [-0.3, -0.25) is 4.98 Å². The maximum absolute atomic E-state index is 9.67. The van der Waals surface area contributed by atoms with Crippen molar-refractivity contribution in [1.82, 2.24) is 4.98 Å². The molecule has 106 valence electrons. The maximum atomic E-state index is 9.67. The largest absolute Gasteiger partial charge is 0.393 e. The van der Waals surface area contributed by atoms with Crippen molar-refractivity contribution in [2.45, 2.75) is 45.1 Å². The molecule has 4 nitrogen and oxygen atoms in total. The fourth-order valence-corrected chi connectivity index (χ4v) is 2.61. The summed E-state index contributed by atoms with van der Waals surface area (Å²) in [5, 5.41) is 16.4. The summed E-state index contributed by atoms with van der Waals surface area (Å²) in [7, 11) is 0. The Morgan fingerprint density at radius 2 is 2.05 bits per heavy atom. The van der Waals surface area contributed by atoms with Gasteiger partial charge in [0.15, 0.2) is 0 Å². The lowest BCUT2D eigenvalue weighted by Crippen LogP contribution is -2.25. The van der Waals surface area contributed by atoms with Gasteiger partial charge in [0.25, 0.3) is 0 Å². The summed E-state index contributed by atoms with van der Waals surface area (Å²) in [6.07, 6.45) is 8.97. The summed E-state index contributed by atoms with van der Waals surface area (Å²) in [6.45, 7) is 4.05. The van der Waals surface area contributed by atoms with Crippen LogP contribution in [0.25, 0.3) is 0 Å². The van der Waals surface area contributed by atoms with E-state index in [-0.39, 0.29) is 6.10 Å². The summed E-state index contributed by atoms with van der Waals surface area (Å²) in [5.74, 6) is 0.580. The van der Waals surface area contributed by atoms with Crippen LogP contribution < -0.4 is 10.6 Å². The van der Waals surface area contributed by atoms with E-state index in [4.69, 9.17) is 0 Å². The van der Waals surface area contributed by atoms with Crippen molar-refractivity contribution in [3.05, 3.63) is 18.5 Å². The highest BCUT2D eigenvalue weighted by Crippen LogP contribution is 2.24. The van der Waals surface area contributed by atoms with Crippen LogP contribution in [0.1, 0.15) is 39.0 Å². The van der Waals surface area contributed by atoms with Gasteiger partial charge in [-0.25, -0.2) is 0 Å². The number of aromatic nitrogens is 1. The zero-order valence-electron chi connectivity index (χ0n) is 11.7. The van der Waals surface area contributed by atoms with Crippen LogP contribution in [0.2, 0.25) is 0 Å². The summed E-state index contributed by atoms with van der Waals surface area (Å²) < 4.78 is 0. The van der Waals surface area contributed by atoms with Crippen LogP contribution in [-0.2, 0) is 0 Å². The maximum Gasteiger partial charge on any atom is 0.0547 e. The Morgan fingerprint density at radius 1 is 1.26 bits per heavy atom. The number of pyridine rings is 1. The third-order valence-electron chi connectivity index (χ3n) is 3.67. The summed E-state index contributed by atoms with van der Waals surface area (Å²) in [6, 6.07) is 2.10. The first-order valence-electron chi connectivity index (χ1n) is 7.38. The quantitative estimate of drug-likeness (QED) is 0.738. The van der Waals surface area contributed by atoms with Gasteiger partial charge in [-0.15, -0.1) is 0 Å². The van der Waals surface area contributed by atoms with E-state index < -0.39 is 0 Å². The summed E-state index contributed by atoms with van der Waals surface area (Å²) in [4.78, 5) is 4.24. The molecule has 1 aromatic rings. The Morgan fingerprint density at radius 3 is 2.79 bits per heavy atom. The summed E-state index contributed by atoms with van der Waals surface area (Å²) in [5.41, 5.74) is 2.12. The fraction of sp³-hybridized carbons (Fsp3) is 0.667. The molecule has 19 heavy (non-hydrogen) atoms. The van der Waals surface area contributed by atoms with Crippen molar-refractivity contribution in [2.24, 2.45) is 5.92 Å². The molecule has 4 heteroatoms. The number of aliphatic hydroxyl groups excluding tert-OH is 1. The normalized spacial score (nSPS) is 23.1. The number of rotatable bonds is 6. The molecule has 2 rings (SSSR count). The second kappa shape index (κ2) is 7.34. The molecular weight excluding hydrogens is 238 g/mol. The molecule has 1 aliphatic carbocycles. The first kappa shape index (κ1) is 14.1. The van der Waals surface area contributed by atoms with Crippen LogP contribution in [0, 0.1) is 5.92 Å². The highest BCUT2D eigenvalue weighted by molar-refractivity contribution is 5.53. The smallest absolute Gasteiger partial charge is 0.0547 e. The van der Waals surface area contributed by atoms with Crippen LogP contribution in [0.5, 0.6) is 0 Å². The van der Waals surface area contributed by atoms with Crippen molar-refractivity contribution >= 4 is 11.4 Å². The first-order valence-corrected chi connectivity index (χ1v) is 7.38. The fourth-order valence-electron chi connectivity index (χ4n) is 2.61. The zero-order chi connectivity index (χ0) is 13.5. The molecule has 0 amide bonds. The minimum Gasteiger partial charge on any atom is -0.393 e. The minimum absolute atomic E-state index is 0.101. The van der Waals surface area contributed by atoms with E-state index in [1.54, 1.807) is 0 Å². The number of hydrogen-bond acceptors (Lipinski definition) is 4. The van der Waals surface area contributed by atoms with E-state index >= 15 is 0 Å². The van der Waals surface area contributed by atoms with Gasteiger partial charge in [-0.2, -0.15) is 0 Å². The molecule has 0 aromatic carbocycles. The lowest BCUT2D eigenvalue weighted by molar-refractivity contribution is 0.105. The molecule has 1 heterocycles. The van der Waals surface area contributed by atoms with Gasteiger partial charge in [-0.05, 0) is 37.7 Å². The third kappa shape index (κ3) is 4.71. The number of nitrogens with one attached hydrogen (secondary N) is 2. The first-order chi connectivity index (χ1) is 9.28. The van der Waals surface area contributed by atoms with Gasteiger partial charge in [-0.1, -0.05) is 13.3 Å². The SMILES string of the molecule is CCCNc1cncc(NCC2CCCC(O)C2)c1. The predicted molar refractivity (Wildman–Crippen MR) is 79.5 cm³/mol. The third-order valence-corrected chi connectivity index (χ3v) is 3.67. The lowest BCUT2D eigenvalue weighted by atomic mass is 9.87. The van der Waals surface area contributed by atoms with Crippen LogP contribution in [0.15, 0.2) is 18.5 Å². The van der Waals surface area contributed by atoms with Crippen LogP contribution >= 0.6 is 0 Å². The van der Waals surface area contributed by atoms with Gasteiger partial charge in [0.2, 0.25) is 0 Å². The second-order valence-corrected chi connectivity index (χ2v) is 5.46. The second-order valence-electron chi connectivity index (χ2n) is 5.46. The minimum atomic E-state index is -0.101. The van der Waals surface area contributed by atoms with E-state index in [2.05, 4.69) is 28.6 Å². The molecule has 2 unspecified atom stereocenters. The average Bonchev–Trinajstić information content (AvgIpc) is 2.43. The average molecular weight is 263 g/mol. The molecule has 3 N–H and O–H groups in total. The standard InChI is InChI=1S/C15H25N3O/c1-2-6-17-13-8-14(11-16-10-13)18-9-12-4-3-5-15(19)7-12/h8,10-12,15,17-19H,2-7,9H2,1H3. The predicted octanol–water partition coefficient (Wildman–Crippen LogP) is 2.87. The van der Waals surface area contributed by atoms with Gasteiger partial charge in [0, 0.05) is 13.1 Å². The highest BCUT2D eigenvalue weighted by atomic mass is 16.3. The molecule has 0 aliphatic heterocycles. The Kier molecular flexibility index (Phi) is 5.45. The summed E-state index contributed by atoms with van der Waals surface area (Å²) >= 11 is 0. The van der Waals surface area contributed by atoms with Crippen molar-refractivity contribution in [2.75, 3.05) is 23.7 Å². The van der Waals surface area contributed by atoms with Crippen LogP contribution in [0.4, 0.5) is 11.4 Å². The number of hydrogen-bond donors (Lipinski definition) is 3. The number of nitrogens with zero attached hydrogens (tertiary/aromatic N) is 1. The lowest BCUT2D eigenvalue weighted by Gasteiger charge is -2.26. The van der Waals surface area contributed by atoms with Gasteiger partial charge < -0.3 is 15.7 Å². The van der Waals surface area contributed by atoms with E-state index in [1.807, 2.05) is 12.4 Å². The Bertz CT molecular complexity index is 383. The van der Waals surface area contributed by atoms with E-state index in [0.717, 1.165) is 50.1 Å². The van der Waals surface area contributed by atoms with Crippen LogP contribution in [-0.4, -0.2) is 29.3 Å². The Balaban J connectivity index is 1.81. The Labute approximate surface area is 115 Å². The monoisotopic (exact) mass is 263 g/mol. The number of aliphatic hydroxyl groups is 1. The van der Waals surface area contributed by atoms with Gasteiger partial charge >= 0.3 is 0 Å². The van der Waals surface area contributed by atoms with Crippen molar-refractivity contribution < 1.29 is 5.11 Å². The molecule has 0 radical (unpaired) electrons. The molecule has 1 fully saturated rings. The molecular formula is C15H25N3O. The van der Waals surface area contributed by atoms with E-state index in [1.165, 1.54) is 6.42 Å². The molecule has 0 saturated heterocycles. The van der Waals surface area contributed by atoms with E-state index in [0.29, 0.717) is 5.92 Å². The van der Waals surface area contributed by atoms with Crippen molar-refractivity contribution in [3.63, 3.8) is 0 Å². The highest BCUT2D eigenvalue weighted by Gasteiger charge is 2.19. The van der Waals surface area contributed by atoms with E-state index in [9.17, 15) is 5.11 Å².